The van der Waals surface area contributed by atoms with E-state index in [1.165, 1.54) is 0 Å². The van der Waals surface area contributed by atoms with Crippen LogP contribution in [0.4, 0.5) is 11.5 Å². The lowest BCUT2D eigenvalue weighted by Gasteiger charge is -2.05. The van der Waals surface area contributed by atoms with Crippen LogP contribution in [0.3, 0.4) is 0 Å². The number of nitrogens with one attached hydrogen (secondary N) is 1. The van der Waals surface area contributed by atoms with Crippen LogP contribution >= 0.6 is 0 Å². The standard InChI is InChI=1S/C12H13N3O2/c13-10-4-1-7-14-12(10)15-11(16)6-5-9-3-2-8-17-9/h1-4,7-8H,5-6,13H2,(H,14,15,16). The molecular formula is C12H13N3O2. The molecule has 5 nitrogen and oxygen atoms in total. The lowest BCUT2D eigenvalue weighted by molar-refractivity contribution is -0.116. The van der Waals surface area contributed by atoms with Crippen molar-refractivity contribution in [3.63, 3.8) is 0 Å². The normalized spacial score (nSPS) is 10.1. The molecule has 0 aliphatic carbocycles. The van der Waals surface area contributed by atoms with E-state index in [-0.39, 0.29) is 5.91 Å². The lowest BCUT2D eigenvalue weighted by Crippen LogP contribution is -2.14. The Morgan fingerprint density at radius 1 is 1.41 bits per heavy atom. The van der Waals surface area contributed by atoms with Crippen LogP contribution in [0.5, 0.6) is 0 Å². The Hall–Kier alpha value is -2.30. The minimum Gasteiger partial charge on any atom is -0.469 e. The van der Waals surface area contributed by atoms with E-state index in [0.717, 1.165) is 5.76 Å². The number of aromatic nitrogens is 1. The van der Waals surface area contributed by atoms with Crippen molar-refractivity contribution in [2.45, 2.75) is 12.8 Å². The van der Waals surface area contributed by atoms with Crippen LogP contribution in [0.25, 0.3) is 0 Å². The number of hydrogen-bond acceptors (Lipinski definition) is 4. The summed E-state index contributed by atoms with van der Waals surface area (Å²) in [6, 6.07) is 7.04. The molecule has 0 bridgehead atoms. The summed E-state index contributed by atoms with van der Waals surface area (Å²) in [6.07, 6.45) is 4.07. The van der Waals surface area contributed by atoms with E-state index in [1.807, 2.05) is 6.07 Å². The van der Waals surface area contributed by atoms with E-state index in [0.29, 0.717) is 24.3 Å². The van der Waals surface area contributed by atoms with Gasteiger partial charge >= 0.3 is 0 Å². The summed E-state index contributed by atoms with van der Waals surface area (Å²) in [5, 5.41) is 2.66. The van der Waals surface area contributed by atoms with Gasteiger partial charge in [0, 0.05) is 19.0 Å². The van der Waals surface area contributed by atoms with Gasteiger partial charge in [-0.1, -0.05) is 0 Å². The highest BCUT2D eigenvalue weighted by atomic mass is 16.3. The number of hydrogen-bond donors (Lipinski definition) is 2. The molecule has 0 radical (unpaired) electrons. The highest BCUT2D eigenvalue weighted by molar-refractivity contribution is 5.92. The fraction of sp³-hybridized carbons (Fsp3) is 0.167. The third kappa shape index (κ3) is 3.07. The van der Waals surface area contributed by atoms with Gasteiger partial charge in [0.15, 0.2) is 5.82 Å². The van der Waals surface area contributed by atoms with Crippen molar-refractivity contribution in [2.24, 2.45) is 0 Å². The van der Waals surface area contributed by atoms with Crippen molar-refractivity contribution in [3.05, 3.63) is 42.5 Å². The molecule has 5 heteroatoms. The number of amides is 1. The maximum absolute atomic E-state index is 11.6. The fourth-order valence-corrected chi connectivity index (χ4v) is 1.41. The van der Waals surface area contributed by atoms with Crippen LogP contribution in [0.1, 0.15) is 12.2 Å². The average Bonchev–Trinajstić information content (AvgIpc) is 2.82. The van der Waals surface area contributed by atoms with Gasteiger partial charge in [-0.3, -0.25) is 4.79 Å². The van der Waals surface area contributed by atoms with Gasteiger partial charge in [-0.15, -0.1) is 0 Å². The van der Waals surface area contributed by atoms with E-state index in [9.17, 15) is 4.79 Å². The molecule has 2 rings (SSSR count). The third-order valence-corrected chi connectivity index (χ3v) is 2.28. The van der Waals surface area contributed by atoms with Gasteiger partial charge in [0.1, 0.15) is 5.76 Å². The zero-order valence-corrected chi connectivity index (χ0v) is 9.22. The van der Waals surface area contributed by atoms with Crippen molar-refractivity contribution in [3.8, 4) is 0 Å². The summed E-state index contributed by atoms with van der Waals surface area (Å²) in [6.45, 7) is 0. The molecule has 3 N–H and O–H groups in total. The molecule has 88 valence electrons. The number of carbonyl (C=O) groups is 1. The van der Waals surface area contributed by atoms with Crippen molar-refractivity contribution in [1.29, 1.82) is 0 Å². The predicted octanol–water partition coefficient (Wildman–Crippen LogP) is 1.83. The van der Waals surface area contributed by atoms with Gasteiger partial charge in [0.2, 0.25) is 5.91 Å². The second-order valence-corrected chi connectivity index (χ2v) is 3.57. The minimum absolute atomic E-state index is 0.133. The molecule has 0 saturated carbocycles. The maximum Gasteiger partial charge on any atom is 0.226 e. The lowest BCUT2D eigenvalue weighted by atomic mass is 10.2. The number of rotatable bonds is 4. The van der Waals surface area contributed by atoms with Crippen molar-refractivity contribution >= 4 is 17.4 Å². The molecule has 2 heterocycles. The van der Waals surface area contributed by atoms with Crippen LogP contribution in [0.2, 0.25) is 0 Å². The minimum atomic E-state index is -0.133. The highest BCUT2D eigenvalue weighted by Crippen LogP contribution is 2.13. The Morgan fingerprint density at radius 3 is 3.00 bits per heavy atom. The van der Waals surface area contributed by atoms with Crippen molar-refractivity contribution < 1.29 is 9.21 Å². The number of aryl methyl sites for hydroxylation is 1. The number of nitrogens with two attached hydrogens (primary N) is 1. The van der Waals surface area contributed by atoms with Gasteiger partial charge in [-0.2, -0.15) is 0 Å². The number of nitrogen functional groups attached to an aromatic ring is 1. The summed E-state index contributed by atoms with van der Waals surface area (Å²) < 4.78 is 5.14. The van der Waals surface area contributed by atoms with Gasteiger partial charge in [0.05, 0.1) is 12.0 Å². The molecule has 0 aromatic carbocycles. The van der Waals surface area contributed by atoms with Gasteiger partial charge in [-0.05, 0) is 24.3 Å². The van der Waals surface area contributed by atoms with Gasteiger partial charge in [0.25, 0.3) is 0 Å². The zero-order valence-electron chi connectivity index (χ0n) is 9.22. The molecule has 0 saturated heterocycles. The first-order valence-electron chi connectivity index (χ1n) is 5.28. The molecule has 0 fully saturated rings. The quantitative estimate of drug-likeness (QED) is 0.841. The number of nitrogens with zero attached hydrogens (tertiary/aromatic N) is 1. The van der Waals surface area contributed by atoms with Gasteiger partial charge < -0.3 is 15.5 Å². The summed E-state index contributed by atoms with van der Waals surface area (Å²) >= 11 is 0. The summed E-state index contributed by atoms with van der Waals surface area (Å²) in [4.78, 5) is 15.6. The Labute approximate surface area is 98.6 Å². The zero-order chi connectivity index (χ0) is 12.1. The fourth-order valence-electron chi connectivity index (χ4n) is 1.41. The smallest absolute Gasteiger partial charge is 0.226 e. The molecular weight excluding hydrogens is 218 g/mol. The summed E-state index contributed by atoms with van der Waals surface area (Å²) in [5.41, 5.74) is 6.12. The first kappa shape index (κ1) is 11.2. The summed E-state index contributed by atoms with van der Waals surface area (Å²) in [5.74, 6) is 1.05. The topological polar surface area (TPSA) is 81.1 Å². The molecule has 0 spiro atoms. The van der Waals surface area contributed by atoms with Crippen LogP contribution in [0, 0.1) is 0 Å². The van der Waals surface area contributed by atoms with Crippen molar-refractivity contribution in [2.75, 3.05) is 11.1 Å². The van der Waals surface area contributed by atoms with Gasteiger partial charge in [-0.25, -0.2) is 4.98 Å². The number of furan rings is 1. The molecule has 17 heavy (non-hydrogen) atoms. The monoisotopic (exact) mass is 231 g/mol. The van der Waals surface area contributed by atoms with E-state index >= 15 is 0 Å². The van der Waals surface area contributed by atoms with Crippen molar-refractivity contribution in [1.82, 2.24) is 4.98 Å². The molecule has 0 aliphatic heterocycles. The summed E-state index contributed by atoms with van der Waals surface area (Å²) in [7, 11) is 0. The molecule has 2 aromatic heterocycles. The SMILES string of the molecule is Nc1cccnc1NC(=O)CCc1ccco1. The Bertz CT molecular complexity index is 494. The van der Waals surface area contributed by atoms with E-state index < -0.39 is 0 Å². The third-order valence-electron chi connectivity index (χ3n) is 2.28. The van der Waals surface area contributed by atoms with Crippen LogP contribution in [-0.2, 0) is 11.2 Å². The van der Waals surface area contributed by atoms with Crippen LogP contribution < -0.4 is 11.1 Å². The maximum atomic E-state index is 11.6. The van der Waals surface area contributed by atoms with Crippen LogP contribution in [0.15, 0.2) is 41.1 Å². The molecule has 1 amide bonds. The van der Waals surface area contributed by atoms with E-state index in [2.05, 4.69) is 10.3 Å². The molecule has 0 unspecified atom stereocenters. The second-order valence-electron chi connectivity index (χ2n) is 3.57. The molecule has 0 atom stereocenters. The largest absolute Gasteiger partial charge is 0.469 e. The first-order chi connectivity index (χ1) is 8.25. The number of anilines is 2. The average molecular weight is 231 g/mol. The molecule has 2 aromatic rings. The Kier molecular flexibility index (Phi) is 3.40. The predicted molar refractivity (Wildman–Crippen MR) is 64.3 cm³/mol. The van der Waals surface area contributed by atoms with Crippen LogP contribution in [-0.4, -0.2) is 10.9 Å². The number of pyridine rings is 1. The molecule has 0 aliphatic rings. The first-order valence-corrected chi connectivity index (χ1v) is 5.28. The highest BCUT2D eigenvalue weighted by Gasteiger charge is 2.07. The number of carbonyl (C=O) groups excluding carboxylic acids is 1. The second kappa shape index (κ2) is 5.16. The Morgan fingerprint density at radius 2 is 2.29 bits per heavy atom. The van der Waals surface area contributed by atoms with E-state index in [4.69, 9.17) is 10.2 Å². The Balaban J connectivity index is 1.87. The van der Waals surface area contributed by atoms with E-state index in [1.54, 1.807) is 30.7 Å².